The van der Waals surface area contributed by atoms with Crippen molar-refractivity contribution in [3.8, 4) is 6.07 Å². The summed E-state index contributed by atoms with van der Waals surface area (Å²) in [4.78, 5) is 16.8. The van der Waals surface area contributed by atoms with E-state index in [0.29, 0.717) is 17.4 Å². The second-order valence-corrected chi connectivity index (χ2v) is 5.73. The molecule has 0 fully saturated rings. The first-order chi connectivity index (χ1) is 10.3. The molecule has 0 spiro atoms. The van der Waals surface area contributed by atoms with Gasteiger partial charge in [0, 0.05) is 12.3 Å². The molecule has 0 aliphatic carbocycles. The van der Waals surface area contributed by atoms with Gasteiger partial charge in [-0.15, -0.1) is 0 Å². The molecule has 1 aromatic carbocycles. The van der Waals surface area contributed by atoms with Gasteiger partial charge in [0.25, 0.3) is 5.56 Å². The third-order valence-electron chi connectivity index (χ3n) is 3.26. The van der Waals surface area contributed by atoms with Gasteiger partial charge in [-0.3, -0.25) is 9.36 Å². The molecule has 104 valence electrons. The average molecular weight is 295 g/mol. The number of thioether (sulfide) groups is 1. The van der Waals surface area contributed by atoms with Crippen LogP contribution in [0.4, 0.5) is 0 Å². The summed E-state index contributed by atoms with van der Waals surface area (Å²) in [6.45, 7) is 0.644. The molecule has 0 atom stereocenters. The molecule has 1 aromatic heterocycles. The number of hydrogen-bond donors (Lipinski definition) is 0. The Morgan fingerprint density at radius 3 is 2.86 bits per heavy atom. The number of rotatable bonds is 2. The molecule has 0 unspecified atom stereocenters. The smallest absolute Gasteiger partial charge is 0.272 e. The van der Waals surface area contributed by atoms with Gasteiger partial charge in [0.2, 0.25) is 0 Å². The van der Waals surface area contributed by atoms with Gasteiger partial charge in [-0.25, -0.2) is 4.98 Å². The predicted octanol–water partition coefficient (Wildman–Crippen LogP) is 2.78. The molecular formula is C16H13N3OS. The van der Waals surface area contributed by atoms with Crippen molar-refractivity contribution in [3.05, 3.63) is 57.5 Å². The fraction of sp³-hybridized carbons (Fsp3) is 0.188. The maximum atomic E-state index is 12.3. The Labute approximate surface area is 126 Å². The molecular weight excluding hydrogens is 282 g/mol. The maximum Gasteiger partial charge on any atom is 0.272 e. The van der Waals surface area contributed by atoms with Crippen LogP contribution in [0.25, 0.3) is 12.2 Å². The molecule has 0 radical (unpaired) electrons. The van der Waals surface area contributed by atoms with Gasteiger partial charge < -0.3 is 0 Å². The lowest BCUT2D eigenvalue weighted by Gasteiger charge is -2.17. The highest BCUT2D eigenvalue weighted by molar-refractivity contribution is 7.99. The van der Waals surface area contributed by atoms with Crippen LogP contribution in [0.5, 0.6) is 0 Å². The van der Waals surface area contributed by atoms with E-state index in [4.69, 9.17) is 0 Å². The molecule has 0 saturated carbocycles. The highest BCUT2D eigenvalue weighted by Crippen LogP contribution is 2.22. The third kappa shape index (κ3) is 2.76. The Bertz CT molecular complexity index is 788. The predicted molar refractivity (Wildman–Crippen MR) is 83.9 cm³/mol. The van der Waals surface area contributed by atoms with Crippen molar-refractivity contribution >= 4 is 23.9 Å². The zero-order chi connectivity index (χ0) is 14.7. The number of fused-ring (bicyclic) bond motifs is 1. The number of nitrogens with zero attached hydrogens (tertiary/aromatic N) is 3. The maximum absolute atomic E-state index is 12.3. The van der Waals surface area contributed by atoms with E-state index in [1.807, 2.05) is 42.5 Å². The number of benzene rings is 1. The largest absolute Gasteiger partial charge is 0.286 e. The normalized spacial score (nSPS) is 13.9. The van der Waals surface area contributed by atoms with E-state index in [-0.39, 0.29) is 11.1 Å². The Kier molecular flexibility index (Phi) is 3.89. The summed E-state index contributed by atoms with van der Waals surface area (Å²) < 4.78 is 1.60. The van der Waals surface area contributed by atoms with Gasteiger partial charge in [-0.2, -0.15) is 5.26 Å². The second-order valence-electron chi connectivity index (χ2n) is 4.67. The van der Waals surface area contributed by atoms with Crippen LogP contribution in [0, 0.1) is 11.3 Å². The SMILES string of the molecule is N#Cc1c(/C=C/c2ccccc2)nc2n(c1=O)CCCS2. The van der Waals surface area contributed by atoms with Crippen LogP contribution in [-0.2, 0) is 6.54 Å². The third-order valence-corrected chi connectivity index (χ3v) is 4.33. The minimum Gasteiger partial charge on any atom is -0.286 e. The zero-order valence-electron chi connectivity index (χ0n) is 11.3. The van der Waals surface area contributed by atoms with E-state index in [1.165, 1.54) is 0 Å². The van der Waals surface area contributed by atoms with Gasteiger partial charge >= 0.3 is 0 Å². The highest BCUT2D eigenvalue weighted by Gasteiger charge is 2.17. The fourth-order valence-electron chi connectivity index (χ4n) is 2.21. The van der Waals surface area contributed by atoms with Crippen molar-refractivity contribution in [2.75, 3.05) is 5.75 Å². The quantitative estimate of drug-likeness (QED) is 0.799. The first-order valence-electron chi connectivity index (χ1n) is 6.70. The Hall–Kier alpha value is -2.32. The van der Waals surface area contributed by atoms with Gasteiger partial charge in [0.05, 0.1) is 5.69 Å². The number of nitriles is 1. The van der Waals surface area contributed by atoms with Crippen molar-refractivity contribution in [1.82, 2.24) is 9.55 Å². The summed E-state index contributed by atoms with van der Waals surface area (Å²) in [5, 5.41) is 9.96. The van der Waals surface area contributed by atoms with E-state index in [9.17, 15) is 10.1 Å². The summed E-state index contributed by atoms with van der Waals surface area (Å²) in [7, 11) is 0. The molecule has 0 amide bonds. The van der Waals surface area contributed by atoms with Crippen LogP contribution >= 0.6 is 11.8 Å². The van der Waals surface area contributed by atoms with Crippen LogP contribution < -0.4 is 5.56 Å². The van der Waals surface area contributed by atoms with Crippen LogP contribution in [0.15, 0.2) is 40.3 Å². The summed E-state index contributed by atoms with van der Waals surface area (Å²) in [6, 6.07) is 11.7. The van der Waals surface area contributed by atoms with Crippen LogP contribution in [-0.4, -0.2) is 15.3 Å². The average Bonchev–Trinajstić information content (AvgIpc) is 2.54. The van der Waals surface area contributed by atoms with E-state index < -0.39 is 0 Å². The molecule has 21 heavy (non-hydrogen) atoms. The van der Waals surface area contributed by atoms with Gasteiger partial charge in [-0.1, -0.05) is 48.2 Å². The Morgan fingerprint density at radius 2 is 2.10 bits per heavy atom. The van der Waals surface area contributed by atoms with Crippen LogP contribution in [0.3, 0.4) is 0 Å². The minimum atomic E-state index is -0.234. The van der Waals surface area contributed by atoms with Crippen LogP contribution in [0.2, 0.25) is 0 Å². The van der Waals surface area contributed by atoms with Gasteiger partial charge in [0.15, 0.2) is 5.16 Å². The zero-order valence-corrected chi connectivity index (χ0v) is 12.1. The van der Waals surface area contributed by atoms with Crippen molar-refractivity contribution in [3.63, 3.8) is 0 Å². The lowest BCUT2D eigenvalue weighted by atomic mass is 10.1. The summed E-state index contributed by atoms with van der Waals surface area (Å²) in [5.41, 5.74) is 1.34. The molecule has 2 heterocycles. The first kappa shape index (κ1) is 13.7. The topological polar surface area (TPSA) is 58.7 Å². The van der Waals surface area contributed by atoms with Crippen LogP contribution in [0.1, 0.15) is 23.2 Å². The summed E-state index contributed by atoms with van der Waals surface area (Å²) in [5.74, 6) is 0.959. The van der Waals surface area contributed by atoms with Crippen molar-refractivity contribution in [1.29, 1.82) is 5.26 Å². The van der Waals surface area contributed by atoms with E-state index in [1.54, 1.807) is 22.4 Å². The van der Waals surface area contributed by atoms with E-state index >= 15 is 0 Å². The Balaban J connectivity index is 2.06. The Morgan fingerprint density at radius 1 is 1.29 bits per heavy atom. The van der Waals surface area contributed by atoms with Gasteiger partial charge in [0.1, 0.15) is 11.6 Å². The lowest BCUT2D eigenvalue weighted by molar-refractivity contribution is 0.560. The minimum absolute atomic E-state index is 0.119. The van der Waals surface area contributed by atoms with Crippen molar-refractivity contribution in [2.24, 2.45) is 0 Å². The fourth-order valence-corrected chi connectivity index (χ4v) is 3.16. The molecule has 3 rings (SSSR count). The molecule has 0 saturated heterocycles. The summed E-state index contributed by atoms with van der Waals surface area (Å²) in [6.07, 6.45) is 4.54. The molecule has 1 aliphatic heterocycles. The monoisotopic (exact) mass is 295 g/mol. The highest BCUT2D eigenvalue weighted by atomic mass is 32.2. The van der Waals surface area contributed by atoms with Crippen molar-refractivity contribution < 1.29 is 0 Å². The van der Waals surface area contributed by atoms with E-state index in [2.05, 4.69) is 4.98 Å². The molecule has 0 bridgehead atoms. The lowest BCUT2D eigenvalue weighted by Crippen LogP contribution is -2.29. The molecule has 0 N–H and O–H groups in total. The van der Waals surface area contributed by atoms with E-state index in [0.717, 1.165) is 17.7 Å². The number of hydrogen-bond acceptors (Lipinski definition) is 4. The van der Waals surface area contributed by atoms with Gasteiger partial charge in [-0.05, 0) is 18.1 Å². The standard InChI is InChI=1S/C16H13N3OS/c17-11-13-14(8-7-12-5-2-1-3-6-12)18-16-19(15(13)20)9-4-10-21-16/h1-3,5-8H,4,9-10H2/b8-7+. The summed E-state index contributed by atoms with van der Waals surface area (Å²) >= 11 is 1.57. The molecule has 4 nitrogen and oxygen atoms in total. The molecule has 5 heteroatoms. The molecule has 1 aliphatic rings. The number of aromatic nitrogens is 2. The molecule has 2 aromatic rings. The first-order valence-corrected chi connectivity index (χ1v) is 7.69. The second kappa shape index (κ2) is 5.98. The van der Waals surface area contributed by atoms with Crippen molar-refractivity contribution in [2.45, 2.75) is 18.1 Å².